The Labute approximate surface area is 115 Å². The third-order valence-electron chi connectivity index (χ3n) is 2.60. The summed E-state index contributed by atoms with van der Waals surface area (Å²) in [6, 6.07) is 4.54. The van der Waals surface area contributed by atoms with Crippen molar-refractivity contribution in [1.82, 2.24) is 0 Å². The first-order valence-electron chi connectivity index (χ1n) is 5.46. The summed E-state index contributed by atoms with van der Waals surface area (Å²) in [6.45, 7) is 0.533. The zero-order chi connectivity index (χ0) is 14.0. The van der Waals surface area contributed by atoms with Gasteiger partial charge in [0.15, 0.2) is 0 Å². The predicted molar refractivity (Wildman–Crippen MR) is 69.4 cm³/mol. The lowest BCUT2D eigenvalue weighted by molar-refractivity contribution is -0.184. The molecule has 1 atom stereocenters. The lowest BCUT2D eigenvalue weighted by atomic mass is 10.2. The van der Waals surface area contributed by atoms with Crippen LogP contribution in [0.3, 0.4) is 0 Å². The molecule has 8 heteroatoms. The molecule has 1 aliphatic heterocycles. The maximum atomic E-state index is 12.0. The van der Waals surface area contributed by atoms with Crippen LogP contribution in [0.5, 0.6) is 0 Å². The minimum Gasteiger partial charge on any atom is -0.432 e. The molecule has 2 N–H and O–H groups in total. The summed E-state index contributed by atoms with van der Waals surface area (Å²) in [5.41, 5.74) is -0.0650. The zero-order valence-corrected chi connectivity index (χ0v) is 11.8. The van der Waals surface area contributed by atoms with E-state index in [0.717, 1.165) is 0 Å². The van der Waals surface area contributed by atoms with Crippen LogP contribution in [-0.2, 0) is 19.5 Å². The first-order chi connectivity index (χ1) is 8.93. The largest absolute Gasteiger partial charge is 0.432 e. The van der Waals surface area contributed by atoms with E-state index in [9.17, 15) is 13.2 Å². The van der Waals surface area contributed by atoms with Crippen LogP contribution in [0, 0.1) is 0 Å². The Kier molecular flexibility index (Phi) is 4.14. The molecule has 0 aliphatic carbocycles. The van der Waals surface area contributed by atoms with Gasteiger partial charge in [-0.2, -0.15) is 0 Å². The van der Waals surface area contributed by atoms with Crippen molar-refractivity contribution in [1.29, 1.82) is 0 Å². The molecule has 0 bridgehead atoms. The number of benzene rings is 1. The van der Waals surface area contributed by atoms with Gasteiger partial charge >= 0.3 is 5.97 Å². The van der Waals surface area contributed by atoms with Crippen molar-refractivity contribution in [2.75, 3.05) is 12.9 Å². The lowest BCUT2D eigenvalue weighted by Crippen LogP contribution is -2.32. The van der Waals surface area contributed by atoms with Gasteiger partial charge in [-0.3, -0.25) is 0 Å². The van der Waals surface area contributed by atoms with Crippen LogP contribution in [0.4, 0.5) is 0 Å². The molecule has 0 spiro atoms. The molecule has 1 heterocycles. The lowest BCUT2D eigenvalue weighted by Gasteiger charge is -2.26. The Morgan fingerprint density at radius 1 is 1.53 bits per heavy atom. The summed E-state index contributed by atoms with van der Waals surface area (Å²) in [4.78, 5) is 12.2. The van der Waals surface area contributed by atoms with Gasteiger partial charge in [0.25, 0.3) is 0 Å². The Bertz CT molecular complexity index is 595. The number of thioether (sulfide) groups is 1. The van der Waals surface area contributed by atoms with Crippen LogP contribution in [-0.4, -0.2) is 33.5 Å². The molecule has 1 aliphatic rings. The van der Waals surface area contributed by atoms with E-state index in [-0.39, 0.29) is 10.5 Å². The Morgan fingerprint density at radius 2 is 2.21 bits per heavy atom. The Balaban J connectivity index is 2.41. The highest BCUT2D eigenvalue weighted by atomic mass is 32.2. The van der Waals surface area contributed by atoms with Crippen molar-refractivity contribution in [3.05, 3.63) is 23.8 Å². The molecule has 104 valence electrons. The van der Waals surface area contributed by atoms with Crippen molar-refractivity contribution < 1.29 is 22.7 Å². The van der Waals surface area contributed by atoms with Gasteiger partial charge in [0.2, 0.25) is 16.3 Å². The average Bonchev–Trinajstić information content (AvgIpc) is 2.31. The zero-order valence-electron chi connectivity index (χ0n) is 10.2. The monoisotopic (exact) mass is 303 g/mol. The molecule has 0 radical (unpaired) electrons. The van der Waals surface area contributed by atoms with Gasteiger partial charge in [0, 0.05) is 11.3 Å². The SMILES string of the molecule is CSc1cccc(C(=O)OC2CCO2)c1S(N)(=O)=O. The van der Waals surface area contributed by atoms with Crippen LogP contribution in [0.15, 0.2) is 28.0 Å². The number of hydrogen-bond donors (Lipinski definition) is 1. The van der Waals surface area contributed by atoms with E-state index in [4.69, 9.17) is 14.6 Å². The fourth-order valence-electron chi connectivity index (χ4n) is 1.62. The van der Waals surface area contributed by atoms with E-state index in [0.29, 0.717) is 17.9 Å². The van der Waals surface area contributed by atoms with E-state index in [1.54, 1.807) is 18.4 Å². The second-order valence-electron chi connectivity index (χ2n) is 3.88. The van der Waals surface area contributed by atoms with Crippen LogP contribution in [0.2, 0.25) is 0 Å². The molecule has 0 aromatic heterocycles. The van der Waals surface area contributed by atoms with Crippen molar-refractivity contribution in [3.8, 4) is 0 Å². The minimum atomic E-state index is -4.01. The molecule has 19 heavy (non-hydrogen) atoms. The van der Waals surface area contributed by atoms with Gasteiger partial charge in [-0.05, 0) is 18.4 Å². The number of ether oxygens (including phenoxy) is 2. The molecular formula is C11H13NO5S2. The number of sulfonamides is 1. The third kappa shape index (κ3) is 3.08. The van der Waals surface area contributed by atoms with Gasteiger partial charge in [0.05, 0.1) is 12.2 Å². The summed E-state index contributed by atoms with van der Waals surface area (Å²) in [7, 11) is -4.01. The molecule has 1 fully saturated rings. The second kappa shape index (κ2) is 5.49. The Hall–Kier alpha value is -1.09. The van der Waals surface area contributed by atoms with E-state index in [2.05, 4.69) is 0 Å². The Morgan fingerprint density at radius 3 is 2.68 bits per heavy atom. The molecule has 1 aromatic rings. The molecule has 2 rings (SSSR count). The minimum absolute atomic E-state index is 0.0650. The predicted octanol–water partition coefficient (Wildman–Crippen LogP) is 0.959. The number of carbonyl (C=O) groups excluding carboxylic acids is 1. The van der Waals surface area contributed by atoms with Crippen LogP contribution < -0.4 is 5.14 Å². The average molecular weight is 303 g/mol. The third-order valence-corrected chi connectivity index (χ3v) is 4.52. The molecule has 1 aromatic carbocycles. The number of nitrogens with two attached hydrogens (primary N) is 1. The second-order valence-corrected chi connectivity index (χ2v) is 6.22. The molecule has 1 saturated heterocycles. The van der Waals surface area contributed by atoms with Crippen LogP contribution in [0.25, 0.3) is 0 Å². The molecular weight excluding hydrogens is 290 g/mol. The smallest absolute Gasteiger partial charge is 0.341 e. The van der Waals surface area contributed by atoms with Gasteiger partial charge in [-0.1, -0.05) is 6.07 Å². The fourth-order valence-corrected chi connectivity index (χ4v) is 3.54. The maximum Gasteiger partial charge on any atom is 0.341 e. The highest BCUT2D eigenvalue weighted by Crippen LogP contribution is 2.28. The number of primary sulfonamides is 1. The summed E-state index contributed by atoms with van der Waals surface area (Å²) < 4.78 is 33.3. The first kappa shape index (κ1) is 14.3. The van der Waals surface area contributed by atoms with Gasteiger partial charge < -0.3 is 9.47 Å². The van der Waals surface area contributed by atoms with E-state index >= 15 is 0 Å². The van der Waals surface area contributed by atoms with Crippen molar-refractivity contribution in [3.63, 3.8) is 0 Å². The number of carbonyl (C=O) groups is 1. The molecule has 0 amide bonds. The number of hydrogen-bond acceptors (Lipinski definition) is 6. The number of esters is 1. The van der Waals surface area contributed by atoms with Gasteiger partial charge in [-0.15, -0.1) is 11.8 Å². The van der Waals surface area contributed by atoms with Gasteiger partial charge in [0.1, 0.15) is 4.90 Å². The standard InChI is InChI=1S/C11H13NO5S2/c1-18-8-4-2-3-7(10(8)19(12,14)15)11(13)17-9-5-6-16-9/h2-4,9H,5-6H2,1H3,(H2,12,14,15). The summed E-state index contributed by atoms with van der Waals surface area (Å²) in [6.07, 6.45) is 1.71. The van der Waals surface area contributed by atoms with Gasteiger partial charge in [-0.25, -0.2) is 18.4 Å². The quantitative estimate of drug-likeness (QED) is 0.657. The first-order valence-corrected chi connectivity index (χ1v) is 8.23. The van der Waals surface area contributed by atoms with Crippen molar-refractivity contribution in [2.45, 2.75) is 22.5 Å². The fraction of sp³-hybridized carbons (Fsp3) is 0.364. The molecule has 1 unspecified atom stereocenters. The van der Waals surface area contributed by atoms with E-state index in [1.807, 2.05) is 0 Å². The van der Waals surface area contributed by atoms with Crippen molar-refractivity contribution >= 4 is 27.8 Å². The normalized spacial score (nSPS) is 18.7. The highest BCUT2D eigenvalue weighted by molar-refractivity contribution is 7.99. The number of rotatable bonds is 4. The summed E-state index contributed by atoms with van der Waals surface area (Å²) >= 11 is 1.19. The van der Waals surface area contributed by atoms with Crippen molar-refractivity contribution in [2.24, 2.45) is 5.14 Å². The summed E-state index contributed by atoms with van der Waals surface area (Å²) in [5, 5.41) is 5.17. The van der Waals surface area contributed by atoms with Crippen LogP contribution in [0.1, 0.15) is 16.8 Å². The highest BCUT2D eigenvalue weighted by Gasteiger charge is 2.28. The van der Waals surface area contributed by atoms with E-state index in [1.165, 1.54) is 17.8 Å². The summed E-state index contributed by atoms with van der Waals surface area (Å²) in [5.74, 6) is -0.746. The maximum absolute atomic E-state index is 12.0. The molecule has 6 nitrogen and oxygen atoms in total. The topological polar surface area (TPSA) is 95.7 Å². The van der Waals surface area contributed by atoms with E-state index < -0.39 is 22.3 Å². The molecule has 0 saturated carbocycles. The van der Waals surface area contributed by atoms with Crippen LogP contribution >= 0.6 is 11.8 Å².